The lowest BCUT2D eigenvalue weighted by Crippen LogP contribution is -2.38. The number of nitrogens with zero attached hydrogens (tertiary/aromatic N) is 1. The van der Waals surface area contributed by atoms with E-state index < -0.39 is 66.6 Å². The van der Waals surface area contributed by atoms with Crippen LogP contribution in [0.4, 0.5) is 8.78 Å². The zero-order valence-electron chi connectivity index (χ0n) is 13.4. The third kappa shape index (κ3) is 4.10. The molecule has 138 valence electrons. The summed E-state index contributed by atoms with van der Waals surface area (Å²) in [6, 6.07) is 0. The van der Waals surface area contributed by atoms with Gasteiger partial charge in [0, 0.05) is 20.0 Å². The lowest BCUT2D eigenvalue weighted by molar-refractivity contribution is -0.156. The Balaban J connectivity index is 2.35. The van der Waals surface area contributed by atoms with Gasteiger partial charge in [0.15, 0.2) is 18.5 Å². The van der Waals surface area contributed by atoms with Gasteiger partial charge in [0.2, 0.25) is 0 Å². The quantitative estimate of drug-likeness (QED) is 0.717. The van der Waals surface area contributed by atoms with Crippen LogP contribution in [0, 0.1) is 0 Å². The van der Waals surface area contributed by atoms with Gasteiger partial charge in [-0.25, -0.2) is 13.6 Å². The van der Waals surface area contributed by atoms with Gasteiger partial charge in [0.25, 0.3) is 5.56 Å². The molecular formula is C14H16F2N2O7. The minimum atomic E-state index is -2.01. The van der Waals surface area contributed by atoms with E-state index in [4.69, 9.17) is 14.2 Å². The molecule has 1 saturated heterocycles. The van der Waals surface area contributed by atoms with E-state index in [-0.39, 0.29) is 0 Å². The summed E-state index contributed by atoms with van der Waals surface area (Å²) < 4.78 is 43.1. The first kappa shape index (κ1) is 18.8. The van der Waals surface area contributed by atoms with Crippen molar-refractivity contribution in [3.05, 3.63) is 32.6 Å². The van der Waals surface area contributed by atoms with Gasteiger partial charge >= 0.3 is 17.6 Å². The Hall–Kier alpha value is -2.56. The Morgan fingerprint density at radius 3 is 2.56 bits per heavy atom. The van der Waals surface area contributed by atoms with E-state index in [0.717, 1.165) is 20.0 Å². The number of carbonyl (C=O) groups excluding carboxylic acids is 2. The molecule has 0 spiro atoms. The van der Waals surface area contributed by atoms with Crippen LogP contribution in [0.25, 0.3) is 0 Å². The van der Waals surface area contributed by atoms with E-state index in [0.29, 0.717) is 4.57 Å². The van der Waals surface area contributed by atoms with Crippen LogP contribution in [0.1, 0.15) is 25.6 Å². The summed E-state index contributed by atoms with van der Waals surface area (Å²) in [5, 5.41) is 0. The third-order valence-electron chi connectivity index (χ3n) is 3.48. The number of esters is 2. The smallest absolute Gasteiger partial charge is 0.330 e. The molecule has 11 heteroatoms. The number of nitrogens with one attached hydrogen (secondary N) is 1. The molecule has 1 aliphatic rings. The van der Waals surface area contributed by atoms with Crippen molar-refractivity contribution in [2.24, 2.45) is 0 Å². The highest BCUT2D eigenvalue weighted by molar-refractivity contribution is 5.66. The molecule has 25 heavy (non-hydrogen) atoms. The van der Waals surface area contributed by atoms with Crippen molar-refractivity contribution in [3.8, 4) is 0 Å². The van der Waals surface area contributed by atoms with Crippen molar-refractivity contribution in [2.45, 2.75) is 45.1 Å². The number of hydrogen-bond acceptors (Lipinski definition) is 7. The average molecular weight is 362 g/mol. The minimum absolute atomic E-state index is 0.400. The highest BCUT2D eigenvalue weighted by atomic mass is 19.1. The van der Waals surface area contributed by atoms with Crippen molar-refractivity contribution in [3.63, 3.8) is 0 Å². The Kier molecular flexibility index (Phi) is 5.67. The van der Waals surface area contributed by atoms with Gasteiger partial charge in [0.05, 0.1) is 5.56 Å². The Morgan fingerprint density at radius 1 is 1.32 bits per heavy atom. The largest absolute Gasteiger partial charge is 0.463 e. The van der Waals surface area contributed by atoms with Crippen molar-refractivity contribution < 1.29 is 32.6 Å². The van der Waals surface area contributed by atoms with Gasteiger partial charge in [-0.15, -0.1) is 0 Å². The maximum Gasteiger partial charge on any atom is 0.330 e. The summed E-state index contributed by atoms with van der Waals surface area (Å²) in [6.07, 6.45) is -5.41. The zero-order valence-corrected chi connectivity index (χ0v) is 13.4. The van der Waals surface area contributed by atoms with Crippen LogP contribution in [0.2, 0.25) is 0 Å². The molecule has 1 aliphatic heterocycles. The summed E-state index contributed by atoms with van der Waals surface area (Å²) in [6.45, 7) is 0.582. The van der Waals surface area contributed by atoms with Gasteiger partial charge in [-0.3, -0.25) is 23.9 Å². The molecule has 9 nitrogen and oxygen atoms in total. The second-order valence-corrected chi connectivity index (χ2v) is 5.34. The molecule has 0 unspecified atom stereocenters. The molecule has 1 N–H and O–H groups in total. The van der Waals surface area contributed by atoms with Crippen LogP contribution >= 0.6 is 0 Å². The molecule has 0 saturated carbocycles. The number of rotatable bonds is 5. The van der Waals surface area contributed by atoms with Crippen LogP contribution in [0.5, 0.6) is 0 Å². The minimum Gasteiger partial charge on any atom is -0.463 e. The molecule has 2 rings (SSSR count). The second-order valence-electron chi connectivity index (χ2n) is 5.34. The van der Waals surface area contributed by atoms with Crippen LogP contribution in [0.15, 0.2) is 15.8 Å². The predicted molar refractivity (Wildman–Crippen MR) is 77.1 cm³/mol. The van der Waals surface area contributed by atoms with Crippen molar-refractivity contribution >= 4 is 11.9 Å². The Labute approximate surface area is 139 Å². The predicted octanol–water partition coefficient (Wildman–Crippen LogP) is -0.264. The molecule has 0 amide bonds. The van der Waals surface area contributed by atoms with E-state index in [1.54, 1.807) is 0 Å². The van der Waals surface area contributed by atoms with E-state index in [1.807, 2.05) is 4.98 Å². The normalized spacial score (nSPS) is 25.6. The monoisotopic (exact) mass is 362 g/mol. The van der Waals surface area contributed by atoms with E-state index >= 15 is 0 Å². The Morgan fingerprint density at radius 2 is 2.00 bits per heavy atom. The second kappa shape index (κ2) is 7.55. The summed E-state index contributed by atoms with van der Waals surface area (Å²) in [4.78, 5) is 47.2. The maximum absolute atomic E-state index is 14.7. The highest BCUT2D eigenvalue weighted by Gasteiger charge is 2.49. The molecule has 2 heterocycles. The summed E-state index contributed by atoms with van der Waals surface area (Å²) in [5.74, 6) is -1.46. The molecule has 1 aromatic rings. The first-order chi connectivity index (χ1) is 11.7. The molecular weight excluding hydrogens is 346 g/mol. The summed E-state index contributed by atoms with van der Waals surface area (Å²) in [7, 11) is 0. The Bertz CT molecular complexity index is 775. The zero-order chi connectivity index (χ0) is 18.7. The fraction of sp³-hybridized carbons (Fsp3) is 0.571. The fourth-order valence-corrected chi connectivity index (χ4v) is 2.40. The van der Waals surface area contributed by atoms with Gasteiger partial charge < -0.3 is 14.2 Å². The number of aromatic nitrogens is 2. The topological polar surface area (TPSA) is 117 Å². The molecule has 0 aliphatic carbocycles. The SMILES string of the molecule is CC(=O)OC[C@H]1O[C@@H](n2cc(CF)c(=O)[nH]c2=O)[C@@H](F)[C@@H]1OC(C)=O. The molecule has 0 radical (unpaired) electrons. The van der Waals surface area contributed by atoms with Gasteiger partial charge in [-0.05, 0) is 0 Å². The van der Waals surface area contributed by atoms with Crippen LogP contribution in [-0.4, -0.2) is 46.5 Å². The van der Waals surface area contributed by atoms with E-state index in [9.17, 15) is 28.0 Å². The van der Waals surface area contributed by atoms with Crippen LogP contribution in [-0.2, 0) is 30.5 Å². The van der Waals surface area contributed by atoms with Crippen molar-refractivity contribution in [2.75, 3.05) is 6.61 Å². The van der Waals surface area contributed by atoms with Gasteiger partial charge in [-0.2, -0.15) is 0 Å². The van der Waals surface area contributed by atoms with Gasteiger partial charge in [0.1, 0.15) is 19.4 Å². The number of hydrogen-bond donors (Lipinski definition) is 1. The lowest BCUT2D eigenvalue weighted by Gasteiger charge is -2.18. The molecule has 0 aromatic carbocycles. The van der Waals surface area contributed by atoms with Crippen LogP contribution < -0.4 is 11.2 Å². The van der Waals surface area contributed by atoms with Crippen molar-refractivity contribution in [1.29, 1.82) is 0 Å². The van der Waals surface area contributed by atoms with Gasteiger partial charge in [-0.1, -0.05) is 0 Å². The number of H-pyrrole nitrogens is 1. The number of alkyl halides is 2. The third-order valence-corrected chi connectivity index (χ3v) is 3.48. The van der Waals surface area contributed by atoms with Crippen molar-refractivity contribution in [1.82, 2.24) is 9.55 Å². The average Bonchev–Trinajstić information content (AvgIpc) is 2.82. The summed E-state index contributed by atoms with van der Waals surface area (Å²) in [5.41, 5.74) is -2.36. The molecule has 0 bridgehead atoms. The number of aromatic amines is 1. The first-order valence-electron chi connectivity index (χ1n) is 7.25. The van der Waals surface area contributed by atoms with E-state index in [1.165, 1.54) is 0 Å². The highest BCUT2D eigenvalue weighted by Crippen LogP contribution is 2.33. The first-order valence-corrected chi connectivity index (χ1v) is 7.25. The maximum atomic E-state index is 14.7. The number of halogens is 2. The lowest BCUT2D eigenvalue weighted by atomic mass is 10.1. The van der Waals surface area contributed by atoms with E-state index in [2.05, 4.69) is 0 Å². The standard InChI is InChI=1S/C14H16F2N2O7/c1-6(19)23-5-9-11(24-7(2)20)10(16)13(25-9)18-4-8(3-15)12(21)17-14(18)22/h4,9-11,13H,3,5H2,1-2H3,(H,17,21,22)/t9-,10+,11-,13-/m1/s1. The van der Waals surface area contributed by atoms with Crippen LogP contribution in [0.3, 0.4) is 0 Å². The molecule has 1 aromatic heterocycles. The molecule has 1 fully saturated rings. The fourth-order valence-electron chi connectivity index (χ4n) is 2.40. The number of ether oxygens (including phenoxy) is 3. The molecule has 4 atom stereocenters. The number of carbonyl (C=O) groups is 2. The summed E-state index contributed by atoms with van der Waals surface area (Å²) >= 11 is 0.